The van der Waals surface area contributed by atoms with Gasteiger partial charge >= 0.3 is 0 Å². The second-order valence-corrected chi connectivity index (χ2v) is 3.44. The third kappa shape index (κ3) is 1.89. The molecular formula is C13H11FNO. The predicted octanol–water partition coefficient (Wildman–Crippen LogP) is 2.47. The van der Waals surface area contributed by atoms with Gasteiger partial charge in [0, 0.05) is 24.4 Å². The molecule has 0 bridgehead atoms. The number of hydrogen-bond acceptors (Lipinski definition) is 1. The van der Waals surface area contributed by atoms with E-state index in [1.165, 1.54) is 12.1 Å². The zero-order chi connectivity index (χ0) is 11.5. The van der Waals surface area contributed by atoms with Crippen LogP contribution >= 0.6 is 0 Å². The number of halogens is 1. The van der Waals surface area contributed by atoms with Crippen molar-refractivity contribution >= 4 is 0 Å². The van der Waals surface area contributed by atoms with E-state index < -0.39 is 5.82 Å². The van der Waals surface area contributed by atoms with Crippen LogP contribution in [0.4, 0.5) is 4.39 Å². The Morgan fingerprint density at radius 2 is 2.25 bits per heavy atom. The maximum absolute atomic E-state index is 13.0. The van der Waals surface area contributed by atoms with Crippen LogP contribution in [0, 0.1) is 11.9 Å². The van der Waals surface area contributed by atoms with Crippen molar-refractivity contribution < 1.29 is 4.39 Å². The lowest BCUT2D eigenvalue weighted by Crippen LogP contribution is -2.19. The van der Waals surface area contributed by atoms with Gasteiger partial charge in [0.25, 0.3) is 5.56 Å². The molecule has 2 rings (SSSR count). The van der Waals surface area contributed by atoms with E-state index in [1.807, 2.05) is 6.92 Å². The second-order valence-electron chi connectivity index (χ2n) is 3.44. The van der Waals surface area contributed by atoms with Crippen molar-refractivity contribution in [3.63, 3.8) is 0 Å². The minimum absolute atomic E-state index is 0.101. The molecule has 1 heterocycles. The molecule has 81 valence electrons. The van der Waals surface area contributed by atoms with Crippen molar-refractivity contribution in [1.82, 2.24) is 4.57 Å². The molecule has 0 fully saturated rings. The van der Waals surface area contributed by atoms with Gasteiger partial charge in [-0.25, -0.2) is 4.39 Å². The molecule has 2 nitrogen and oxygen atoms in total. The van der Waals surface area contributed by atoms with E-state index in [4.69, 9.17) is 0 Å². The van der Waals surface area contributed by atoms with E-state index in [9.17, 15) is 9.18 Å². The molecule has 0 amide bonds. The first kappa shape index (κ1) is 10.6. The Kier molecular flexibility index (Phi) is 2.86. The lowest BCUT2D eigenvalue weighted by atomic mass is 10.1. The molecule has 3 heteroatoms. The second kappa shape index (κ2) is 4.31. The molecule has 0 saturated carbocycles. The van der Waals surface area contributed by atoms with Crippen LogP contribution in [0.15, 0.2) is 41.3 Å². The molecule has 0 aliphatic carbocycles. The minimum atomic E-state index is -0.455. The molecule has 0 aliphatic rings. The molecule has 1 aromatic carbocycles. The number of nitrogens with zero attached hydrogens (tertiary/aromatic N) is 1. The normalized spacial score (nSPS) is 10.4. The Morgan fingerprint density at radius 1 is 1.44 bits per heavy atom. The maximum Gasteiger partial charge on any atom is 0.258 e. The largest absolute Gasteiger partial charge is 0.315 e. The monoisotopic (exact) mass is 216 g/mol. The summed E-state index contributed by atoms with van der Waals surface area (Å²) in [6.07, 6.45) is 1.72. The van der Waals surface area contributed by atoms with E-state index in [2.05, 4.69) is 6.07 Å². The predicted molar refractivity (Wildman–Crippen MR) is 60.6 cm³/mol. The molecule has 1 radical (unpaired) electrons. The summed E-state index contributed by atoms with van der Waals surface area (Å²) in [6, 6.07) is 10.4. The highest BCUT2D eigenvalue weighted by atomic mass is 19.1. The molecule has 0 saturated heterocycles. The van der Waals surface area contributed by atoms with Crippen molar-refractivity contribution in [1.29, 1.82) is 0 Å². The number of benzene rings is 1. The van der Waals surface area contributed by atoms with Gasteiger partial charge in [0.1, 0.15) is 5.82 Å². The number of aryl methyl sites for hydroxylation is 1. The van der Waals surface area contributed by atoms with Crippen molar-refractivity contribution in [3.8, 4) is 11.1 Å². The highest BCUT2D eigenvalue weighted by Crippen LogP contribution is 2.15. The van der Waals surface area contributed by atoms with Gasteiger partial charge in [-0.3, -0.25) is 4.79 Å². The Bertz CT molecular complexity index is 560. The molecule has 1 aromatic heterocycles. The molecule has 0 unspecified atom stereocenters. The Labute approximate surface area is 93.0 Å². The molecule has 0 aliphatic heterocycles. The lowest BCUT2D eigenvalue weighted by Gasteiger charge is -2.05. The number of rotatable bonds is 2. The smallest absolute Gasteiger partial charge is 0.258 e. The van der Waals surface area contributed by atoms with Crippen molar-refractivity contribution in [2.24, 2.45) is 0 Å². The van der Waals surface area contributed by atoms with Gasteiger partial charge in [-0.05, 0) is 30.7 Å². The summed E-state index contributed by atoms with van der Waals surface area (Å²) in [5.41, 5.74) is 0.997. The van der Waals surface area contributed by atoms with E-state index >= 15 is 0 Å². The Hall–Kier alpha value is -1.90. The third-order valence-electron chi connectivity index (χ3n) is 2.44. The summed E-state index contributed by atoms with van der Waals surface area (Å²) in [7, 11) is 0. The summed E-state index contributed by atoms with van der Waals surface area (Å²) in [5.74, 6) is -0.455. The van der Waals surface area contributed by atoms with Crippen LogP contribution in [0.5, 0.6) is 0 Å². The summed E-state index contributed by atoms with van der Waals surface area (Å²) in [5, 5.41) is 0. The summed E-state index contributed by atoms with van der Waals surface area (Å²) in [6.45, 7) is 2.50. The van der Waals surface area contributed by atoms with Crippen LogP contribution < -0.4 is 5.56 Å². The Balaban J connectivity index is 2.61. The fourth-order valence-corrected chi connectivity index (χ4v) is 1.61. The first-order valence-corrected chi connectivity index (χ1v) is 5.09. The fraction of sp³-hybridized carbons (Fsp3) is 0.154. The highest BCUT2D eigenvalue weighted by Gasteiger charge is 2.05. The number of aromatic nitrogens is 1. The van der Waals surface area contributed by atoms with Gasteiger partial charge < -0.3 is 4.57 Å². The van der Waals surface area contributed by atoms with Crippen LogP contribution in [-0.2, 0) is 6.54 Å². The van der Waals surface area contributed by atoms with Crippen LogP contribution in [0.3, 0.4) is 0 Å². The molecule has 0 N–H and O–H groups in total. The van der Waals surface area contributed by atoms with Gasteiger partial charge in [0.05, 0.1) is 0 Å². The standard InChI is InChI=1S/C13H11FNO/c1-2-15-8-4-7-12(13(15)16)10-5-3-6-11(14)9-10/h3-5,7-9H,2H2,1H3. The van der Waals surface area contributed by atoms with Crippen LogP contribution in [0.2, 0.25) is 0 Å². The average Bonchev–Trinajstić information content (AvgIpc) is 2.29. The lowest BCUT2D eigenvalue weighted by molar-refractivity contribution is 0.626. The van der Waals surface area contributed by atoms with Gasteiger partial charge in [-0.2, -0.15) is 0 Å². The fourth-order valence-electron chi connectivity index (χ4n) is 1.61. The number of hydrogen-bond donors (Lipinski definition) is 0. The zero-order valence-electron chi connectivity index (χ0n) is 8.90. The van der Waals surface area contributed by atoms with Gasteiger partial charge in [-0.15, -0.1) is 0 Å². The van der Waals surface area contributed by atoms with Crippen molar-refractivity contribution in [3.05, 3.63) is 58.8 Å². The first-order chi connectivity index (χ1) is 7.72. The third-order valence-corrected chi connectivity index (χ3v) is 2.44. The quantitative estimate of drug-likeness (QED) is 0.755. The molecule has 2 aromatic rings. The molecule has 16 heavy (non-hydrogen) atoms. The van der Waals surface area contributed by atoms with E-state index in [0.29, 0.717) is 17.7 Å². The summed E-state index contributed by atoms with van der Waals surface area (Å²) < 4.78 is 14.6. The highest BCUT2D eigenvalue weighted by molar-refractivity contribution is 5.61. The van der Waals surface area contributed by atoms with Crippen LogP contribution in [0.1, 0.15) is 6.92 Å². The summed E-state index contributed by atoms with van der Waals surface area (Å²) in [4.78, 5) is 11.9. The zero-order valence-corrected chi connectivity index (χ0v) is 8.90. The maximum atomic E-state index is 13.0. The van der Waals surface area contributed by atoms with Crippen LogP contribution in [0.25, 0.3) is 11.1 Å². The Morgan fingerprint density at radius 3 is 2.94 bits per heavy atom. The summed E-state index contributed by atoms with van der Waals surface area (Å²) >= 11 is 0. The van der Waals surface area contributed by atoms with E-state index in [0.717, 1.165) is 0 Å². The van der Waals surface area contributed by atoms with E-state index in [-0.39, 0.29) is 5.56 Å². The molecule has 0 atom stereocenters. The van der Waals surface area contributed by atoms with Crippen molar-refractivity contribution in [2.45, 2.75) is 13.5 Å². The van der Waals surface area contributed by atoms with Gasteiger partial charge in [0.15, 0.2) is 0 Å². The van der Waals surface area contributed by atoms with E-state index in [1.54, 1.807) is 29.0 Å². The molecule has 0 spiro atoms. The minimum Gasteiger partial charge on any atom is -0.315 e. The van der Waals surface area contributed by atoms with Crippen LogP contribution in [-0.4, -0.2) is 4.57 Å². The molecular weight excluding hydrogens is 205 g/mol. The average molecular weight is 216 g/mol. The van der Waals surface area contributed by atoms with Gasteiger partial charge in [0.2, 0.25) is 0 Å². The number of pyridine rings is 1. The SMILES string of the molecule is CCn1cccc(-c2cc[c]c(F)c2)c1=O. The first-order valence-electron chi connectivity index (χ1n) is 5.09. The topological polar surface area (TPSA) is 22.0 Å². The van der Waals surface area contributed by atoms with Crippen molar-refractivity contribution in [2.75, 3.05) is 0 Å². The van der Waals surface area contributed by atoms with Gasteiger partial charge in [-0.1, -0.05) is 12.1 Å².